The molecule has 2 rings (SSSR count). The molecule has 6 nitrogen and oxygen atoms in total. The monoisotopic (exact) mass is 390 g/mol. The van der Waals surface area contributed by atoms with Crippen molar-refractivity contribution in [2.24, 2.45) is 0 Å². The molecule has 0 radical (unpaired) electrons. The molecule has 0 N–H and O–H groups in total. The summed E-state index contributed by atoms with van der Waals surface area (Å²) in [6.45, 7) is -0.508. The molecule has 8 heteroatoms. The molecule has 0 spiro atoms. The topological polar surface area (TPSA) is 79.6 Å². The molecule has 2 aromatic carbocycles. The molecule has 27 heavy (non-hydrogen) atoms. The van der Waals surface area contributed by atoms with Crippen molar-refractivity contribution >= 4 is 29.2 Å². The Balaban J connectivity index is 2.08. The van der Waals surface area contributed by atoms with E-state index in [1.54, 1.807) is 24.3 Å². The Labute approximate surface area is 160 Å². The van der Waals surface area contributed by atoms with Crippen LogP contribution in [0.25, 0.3) is 0 Å². The molecule has 1 amide bonds. The minimum atomic E-state index is -0.977. The van der Waals surface area contributed by atoms with E-state index in [4.69, 9.17) is 26.3 Å². The highest BCUT2D eigenvalue weighted by Gasteiger charge is 2.20. The number of nitriles is 1. The maximum absolute atomic E-state index is 13.9. The number of esters is 1. The van der Waals surface area contributed by atoms with Crippen molar-refractivity contribution < 1.29 is 23.5 Å². The fourth-order valence-corrected chi connectivity index (χ4v) is 2.46. The highest BCUT2D eigenvalue weighted by molar-refractivity contribution is 6.30. The Kier molecular flexibility index (Phi) is 7.15. The van der Waals surface area contributed by atoms with E-state index in [1.807, 2.05) is 6.07 Å². The molecule has 0 atom stereocenters. The molecular formula is C19H16ClFN2O4. The first-order valence-electron chi connectivity index (χ1n) is 7.89. The van der Waals surface area contributed by atoms with Crippen LogP contribution in [0, 0.1) is 17.1 Å². The van der Waals surface area contributed by atoms with E-state index in [0.717, 1.165) is 6.07 Å². The highest BCUT2D eigenvalue weighted by Crippen LogP contribution is 2.21. The summed E-state index contributed by atoms with van der Waals surface area (Å²) in [5.41, 5.74) is 0.157. The van der Waals surface area contributed by atoms with E-state index in [9.17, 15) is 14.0 Å². The predicted molar refractivity (Wildman–Crippen MR) is 97.3 cm³/mol. The van der Waals surface area contributed by atoms with Gasteiger partial charge in [-0.15, -0.1) is 0 Å². The number of ether oxygens (including phenoxy) is 2. The molecule has 0 saturated carbocycles. The largest absolute Gasteiger partial charge is 0.497 e. The van der Waals surface area contributed by atoms with Crippen LogP contribution in [0.3, 0.4) is 0 Å². The lowest BCUT2D eigenvalue weighted by atomic mass is 10.2. The van der Waals surface area contributed by atoms with Gasteiger partial charge in [-0.05, 0) is 30.3 Å². The van der Waals surface area contributed by atoms with Crippen LogP contribution in [-0.2, 0) is 9.53 Å². The van der Waals surface area contributed by atoms with E-state index in [-0.39, 0.29) is 24.3 Å². The number of methoxy groups -OCH3 is 1. The predicted octanol–water partition coefficient (Wildman–Crippen LogP) is 3.59. The first kappa shape index (κ1) is 20.2. The average Bonchev–Trinajstić information content (AvgIpc) is 2.66. The van der Waals surface area contributed by atoms with Crippen LogP contribution in [0.5, 0.6) is 5.75 Å². The summed E-state index contributed by atoms with van der Waals surface area (Å²) in [4.78, 5) is 25.8. The fraction of sp³-hybridized carbons (Fsp3) is 0.211. The van der Waals surface area contributed by atoms with Crippen molar-refractivity contribution in [3.63, 3.8) is 0 Å². The van der Waals surface area contributed by atoms with Crippen molar-refractivity contribution in [1.29, 1.82) is 5.26 Å². The lowest BCUT2D eigenvalue weighted by Gasteiger charge is -2.22. The molecule has 0 aliphatic heterocycles. The van der Waals surface area contributed by atoms with Crippen molar-refractivity contribution in [2.45, 2.75) is 6.42 Å². The minimum absolute atomic E-state index is 0.0826. The maximum atomic E-state index is 13.9. The summed E-state index contributed by atoms with van der Waals surface area (Å²) in [6.07, 6.45) is 0.0826. The highest BCUT2D eigenvalue weighted by atomic mass is 35.5. The maximum Gasteiger partial charge on any atom is 0.341 e. The lowest BCUT2D eigenvalue weighted by Crippen LogP contribution is -2.35. The number of anilines is 1. The van der Waals surface area contributed by atoms with E-state index >= 15 is 0 Å². The number of amides is 1. The Morgan fingerprint density at radius 1 is 1.26 bits per heavy atom. The molecule has 140 valence electrons. The third kappa shape index (κ3) is 5.43. The van der Waals surface area contributed by atoms with Gasteiger partial charge in [0.1, 0.15) is 11.6 Å². The smallest absolute Gasteiger partial charge is 0.341 e. The van der Waals surface area contributed by atoms with Gasteiger partial charge in [0.2, 0.25) is 0 Å². The van der Waals surface area contributed by atoms with Gasteiger partial charge in [-0.1, -0.05) is 17.7 Å². The number of rotatable bonds is 7. The minimum Gasteiger partial charge on any atom is -0.497 e. The summed E-state index contributed by atoms with van der Waals surface area (Å²) < 4.78 is 23.7. The lowest BCUT2D eigenvalue weighted by molar-refractivity contribution is -0.121. The number of nitrogens with zero attached hydrogens (tertiary/aromatic N) is 2. The van der Waals surface area contributed by atoms with E-state index in [0.29, 0.717) is 10.7 Å². The number of benzene rings is 2. The third-order valence-electron chi connectivity index (χ3n) is 3.59. The van der Waals surface area contributed by atoms with Gasteiger partial charge in [0.05, 0.1) is 25.2 Å². The second kappa shape index (κ2) is 9.55. The summed E-state index contributed by atoms with van der Waals surface area (Å²) in [7, 11) is 1.37. The summed E-state index contributed by atoms with van der Waals surface area (Å²) in [5, 5.41) is 9.20. The normalized spacial score (nSPS) is 10.0. The van der Waals surface area contributed by atoms with Crippen LogP contribution in [0.1, 0.15) is 16.8 Å². The fourth-order valence-electron chi connectivity index (χ4n) is 2.27. The zero-order valence-corrected chi connectivity index (χ0v) is 15.2. The van der Waals surface area contributed by atoms with Gasteiger partial charge >= 0.3 is 5.97 Å². The van der Waals surface area contributed by atoms with Gasteiger partial charge in [0.15, 0.2) is 6.61 Å². The van der Waals surface area contributed by atoms with Gasteiger partial charge in [0, 0.05) is 23.3 Å². The van der Waals surface area contributed by atoms with Crippen LogP contribution in [0.2, 0.25) is 5.02 Å². The second-order valence-electron chi connectivity index (χ2n) is 5.36. The van der Waals surface area contributed by atoms with Gasteiger partial charge < -0.3 is 14.4 Å². The first-order chi connectivity index (χ1) is 13.0. The third-order valence-corrected chi connectivity index (χ3v) is 3.83. The van der Waals surface area contributed by atoms with Crippen LogP contribution >= 0.6 is 11.6 Å². The van der Waals surface area contributed by atoms with E-state index in [1.165, 1.54) is 24.1 Å². The molecule has 0 bridgehead atoms. The van der Waals surface area contributed by atoms with E-state index in [2.05, 4.69) is 0 Å². The van der Waals surface area contributed by atoms with Crippen molar-refractivity contribution in [3.8, 4) is 11.8 Å². The zero-order valence-electron chi connectivity index (χ0n) is 14.4. The second-order valence-corrected chi connectivity index (χ2v) is 5.79. The molecular weight excluding hydrogens is 375 g/mol. The van der Waals surface area contributed by atoms with Crippen molar-refractivity contribution in [1.82, 2.24) is 0 Å². The van der Waals surface area contributed by atoms with Gasteiger partial charge in [-0.25, -0.2) is 9.18 Å². The Morgan fingerprint density at radius 2 is 2.04 bits per heavy atom. The molecule has 0 aliphatic rings. The molecule has 0 aromatic heterocycles. The van der Waals surface area contributed by atoms with Gasteiger partial charge in [0.25, 0.3) is 5.91 Å². The number of hydrogen-bond donors (Lipinski definition) is 0. The Bertz CT molecular complexity index is 882. The van der Waals surface area contributed by atoms with Crippen LogP contribution in [0.4, 0.5) is 10.1 Å². The van der Waals surface area contributed by atoms with Crippen LogP contribution in [-0.4, -0.2) is 32.1 Å². The first-order valence-corrected chi connectivity index (χ1v) is 8.27. The van der Waals surface area contributed by atoms with Crippen LogP contribution < -0.4 is 9.64 Å². The summed E-state index contributed by atoms with van der Waals surface area (Å²) in [6, 6.07) is 12.1. The van der Waals surface area contributed by atoms with Gasteiger partial charge in [-0.3, -0.25) is 4.79 Å². The SMILES string of the molecule is COc1ccc(C(=O)OCC(=O)N(CCC#N)c2cccc(Cl)c2)c(F)c1. The zero-order chi connectivity index (χ0) is 19.8. The Hall–Kier alpha value is -3.11. The van der Waals surface area contributed by atoms with Crippen LogP contribution in [0.15, 0.2) is 42.5 Å². The molecule has 0 aliphatic carbocycles. The van der Waals surface area contributed by atoms with Crippen molar-refractivity contribution in [3.05, 3.63) is 58.9 Å². The number of halogens is 2. The molecule has 2 aromatic rings. The van der Waals surface area contributed by atoms with E-state index < -0.39 is 24.3 Å². The number of hydrogen-bond acceptors (Lipinski definition) is 5. The van der Waals surface area contributed by atoms with Crippen molar-refractivity contribution in [2.75, 3.05) is 25.2 Å². The summed E-state index contributed by atoms with van der Waals surface area (Å²) in [5.74, 6) is -2.10. The molecule has 0 unspecified atom stereocenters. The number of carbonyl (C=O) groups is 2. The summed E-state index contributed by atoms with van der Waals surface area (Å²) >= 11 is 5.94. The number of carbonyl (C=O) groups excluding carboxylic acids is 2. The molecule has 0 fully saturated rings. The standard InChI is InChI=1S/C19H16ClFN2O4/c1-26-15-6-7-16(17(21)11-15)19(25)27-12-18(24)23(9-3-8-22)14-5-2-4-13(20)10-14/h2,4-7,10-11H,3,9,12H2,1H3. The average molecular weight is 391 g/mol. The quantitative estimate of drug-likeness (QED) is 0.675. The molecule has 0 saturated heterocycles. The van der Waals surface area contributed by atoms with Gasteiger partial charge in [-0.2, -0.15) is 5.26 Å². The molecule has 0 heterocycles. The Morgan fingerprint density at radius 3 is 2.67 bits per heavy atom.